The number of nitrogens with zero attached hydrogens (tertiary/aromatic N) is 7. The van der Waals surface area contributed by atoms with Crippen LogP contribution in [0.3, 0.4) is 0 Å². The van der Waals surface area contributed by atoms with E-state index < -0.39 is 0 Å². The summed E-state index contributed by atoms with van der Waals surface area (Å²) in [6.07, 6.45) is 4.64. The first-order chi connectivity index (χ1) is 15.9. The number of hydrogen-bond acceptors (Lipinski definition) is 6. The van der Waals surface area contributed by atoms with Crippen molar-refractivity contribution in [1.29, 1.82) is 0 Å². The first-order valence-electron chi connectivity index (χ1n) is 11.1. The van der Waals surface area contributed by atoms with Crippen molar-refractivity contribution in [3.8, 4) is 0 Å². The van der Waals surface area contributed by atoms with Gasteiger partial charge >= 0.3 is 0 Å². The largest absolute Gasteiger partial charge is 0.369 e. The maximum Gasteiger partial charge on any atom is 0.173 e. The second kappa shape index (κ2) is 9.70. The predicted molar refractivity (Wildman–Crippen MR) is 124 cm³/mol. The highest BCUT2D eigenvalue weighted by Crippen LogP contribution is 2.28. The predicted octanol–water partition coefficient (Wildman–Crippen LogP) is 3.22. The zero-order valence-electron chi connectivity index (χ0n) is 18.0. The molecule has 1 fully saturated rings. The molecule has 1 aliphatic heterocycles. The fourth-order valence-electron chi connectivity index (χ4n) is 4.38. The normalized spacial score (nSPS) is 15.6. The zero-order chi connectivity index (χ0) is 21.6. The quantitative estimate of drug-likeness (QED) is 0.453. The molecule has 1 atom stereocenters. The third-order valence-electron chi connectivity index (χ3n) is 6.06. The molecular formula is C25H27N7. The second-order valence-electron chi connectivity index (χ2n) is 8.04. The lowest BCUT2D eigenvalue weighted by molar-refractivity contribution is 0.200. The maximum absolute atomic E-state index is 4.48. The van der Waals surface area contributed by atoms with Gasteiger partial charge in [0.05, 0.1) is 6.04 Å². The first-order valence-corrected chi connectivity index (χ1v) is 11.1. The molecule has 162 valence electrons. The van der Waals surface area contributed by atoms with Crippen molar-refractivity contribution in [3.05, 3.63) is 102 Å². The van der Waals surface area contributed by atoms with Crippen LogP contribution in [0.4, 0.5) is 5.69 Å². The Kier molecular flexibility index (Phi) is 6.16. The van der Waals surface area contributed by atoms with Crippen LogP contribution in [0.25, 0.3) is 0 Å². The molecule has 0 saturated carbocycles. The number of tetrazole rings is 1. The molecule has 0 radical (unpaired) electrons. The third kappa shape index (κ3) is 4.53. The number of para-hydroxylation sites is 1. The number of hydrogen-bond donors (Lipinski definition) is 0. The van der Waals surface area contributed by atoms with Gasteiger partial charge in [0.15, 0.2) is 5.82 Å². The Morgan fingerprint density at radius 3 is 2.28 bits per heavy atom. The molecule has 32 heavy (non-hydrogen) atoms. The number of anilines is 1. The van der Waals surface area contributed by atoms with Crippen molar-refractivity contribution < 1.29 is 0 Å². The van der Waals surface area contributed by atoms with Gasteiger partial charge < -0.3 is 4.90 Å². The van der Waals surface area contributed by atoms with E-state index in [2.05, 4.69) is 91.0 Å². The van der Waals surface area contributed by atoms with Gasteiger partial charge in [-0.3, -0.25) is 9.88 Å². The molecule has 3 heterocycles. The van der Waals surface area contributed by atoms with Crippen LogP contribution in [0.2, 0.25) is 0 Å². The van der Waals surface area contributed by atoms with Crippen LogP contribution in [0.15, 0.2) is 85.2 Å². The summed E-state index contributed by atoms with van der Waals surface area (Å²) < 4.78 is 1.95. The molecule has 0 unspecified atom stereocenters. The van der Waals surface area contributed by atoms with E-state index in [0.717, 1.165) is 50.5 Å². The summed E-state index contributed by atoms with van der Waals surface area (Å²) in [7, 11) is 0. The average molecular weight is 426 g/mol. The molecule has 2 aromatic carbocycles. The summed E-state index contributed by atoms with van der Waals surface area (Å²) in [5.41, 5.74) is 3.68. The van der Waals surface area contributed by atoms with Gasteiger partial charge in [-0.05, 0) is 46.2 Å². The molecule has 0 N–H and O–H groups in total. The standard InChI is InChI=1S/C25H27N7/c1-3-8-21(9-4-1)13-15-32-25(27-28-29-32)24(22-10-7-14-26-20-22)31-18-16-30(17-19-31)23-11-5-2-6-12-23/h1-12,14,20,24H,13,15-19H2/t24-/m1/s1. The Balaban J connectivity index is 1.37. The van der Waals surface area contributed by atoms with Crippen LogP contribution in [0, 0.1) is 0 Å². The second-order valence-corrected chi connectivity index (χ2v) is 8.04. The SMILES string of the molecule is c1ccc(CCn2nnnc2[C@@H](c2cccnc2)N2CCN(c3ccccc3)CC2)cc1. The molecule has 2 aromatic heterocycles. The topological polar surface area (TPSA) is 63.0 Å². The van der Waals surface area contributed by atoms with Crippen molar-refractivity contribution in [2.24, 2.45) is 0 Å². The summed E-state index contributed by atoms with van der Waals surface area (Å²) in [4.78, 5) is 9.29. The van der Waals surface area contributed by atoms with E-state index in [9.17, 15) is 0 Å². The smallest absolute Gasteiger partial charge is 0.173 e. The van der Waals surface area contributed by atoms with E-state index in [-0.39, 0.29) is 6.04 Å². The number of piperazine rings is 1. The zero-order valence-corrected chi connectivity index (χ0v) is 18.0. The fourth-order valence-corrected chi connectivity index (χ4v) is 4.38. The van der Waals surface area contributed by atoms with Gasteiger partial charge in [-0.2, -0.15) is 0 Å². The highest BCUT2D eigenvalue weighted by molar-refractivity contribution is 5.46. The van der Waals surface area contributed by atoms with Crippen LogP contribution in [-0.4, -0.2) is 56.3 Å². The van der Waals surface area contributed by atoms with E-state index in [1.807, 2.05) is 29.2 Å². The highest BCUT2D eigenvalue weighted by atomic mass is 15.6. The molecule has 0 amide bonds. The molecular weight excluding hydrogens is 398 g/mol. The van der Waals surface area contributed by atoms with Gasteiger partial charge in [-0.15, -0.1) is 5.10 Å². The van der Waals surface area contributed by atoms with E-state index in [1.165, 1.54) is 11.3 Å². The molecule has 1 saturated heterocycles. The highest BCUT2D eigenvalue weighted by Gasteiger charge is 2.30. The van der Waals surface area contributed by atoms with E-state index in [1.54, 1.807) is 0 Å². The van der Waals surface area contributed by atoms with Gasteiger partial charge in [0.2, 0.25) is 0 Å². The molecule has 0 spiro atoms. The summed E-state index contributed by atoms with van der Waals surface area (Å²) in [6.45, 7) is 4.53. The summed E-state index contributed by atoms with van der Waals surface area (Å²) in [5.74, 6) is 0.877. The van der Waals surface area contributed by atoms with Crippen LogP contribution >= 0.6 is 0 Å². The fraction of sp³-hybridized carbons (Fsp3) is 0.280. The third-order valence-corrected chi connectivity index (χ3v) is 6.06. The average Bonchev–Trinajstić information content (AvgIpc) is 3.33. The number of pyridine rings is 1. The van der Waals surface area contributed by atoms with Crippen molar-refractivity contribution in [2.45, 2.75) is 19.0 Å². The van der Waals surface area contributed by atoms with Gasteiger partial charge in [0.25, 0.3) is 0 Å². The molecule has 0 aliphatic carbocycles. The van der Waals surface area contributed by atoms with Crippen molar-refractivity contribution in [2.75, 3.05) is 31.1 Å². The van der Waals surface area contributed by atoms with Crippen LogP contribution in [0.5, 0.6) is 0 Å². The van der Waals surface area contributed by atoms with Gasteiger partial charge in [-0.25, -0.2) is 4.68 Å². The van der Waals surface area contributed by atoms with Crippen molar-refractivity contribution in [1.82, 2.24) is 30.1 Å². The Morgan fingerprint density at radius 1 is 0.812 bits per heavy atom. The molecule has 7 nitrogen and oxygen atoms in total. The molecule has 7 heteroatoms. The number of benzene rings is 2. The van der Waals surface area contributed by atoms with E-state index in [0.29, 0.717) is 0 Å². The van der Waals surface area contributed by atoms with Gasteiger partial charge in [0.1, 0.15) is 0 Å². The first kappa shape index (κ1) is 20.3. The number of aryl methyl sites for hydroxylation is 2. The maximum atomic E-state index is 4.48. The van der Waals surface area contributed by atoms with Crippen molar-refractivity contribution in [3.63, 3.8) is 0 Å². The number of aromatic nitrogens is 5. The Bertz CT molecular complexity index is 1090. The van der Waals surface area contributed by atoms with Gasteiger partial charge in [0, 0.05) is 50.8 Å². The summed E-state index contributed by atoms with van der Waals surface area (Å²) in [5, 5.41) is 12.9. The lowest BCUT2D eigenvalue weighted by atomic mass is 10.0. The number of rotatable bonds is 7. The lowest BCUT2D eigenvalue weighted by Crippen LogP contribution is -2.48. The van der Waals surface area contributed by atoms with Gasteiger partial charge in [-0.1, -0.05) is 54.6 Å². The Hall–Kier alpha value is -3.58. The molecule has 4 aromatic rings. The lowest BCUT2D eigenvalue weighted by Gasteiger charge is -2.39. The molecule has 5 rings (SSSR count). The van der Waals surface area contributed by atoms with E-state index in [4.69, 9.17) is 0 Å². The van der Waals surface area contributed by atoms with Crippen LogP contribution in [0.1, 0.15) is 23.0 Å². The van der Waals surface area contributed by atoms with Crippen molar-refractivity contribution >= 4 is 5.69 Å². The minimum atomic E-state index is -0.0209. The Morgan fingerprint density at radius 2 is 1.56 bits per heavy atom. The van der Waals surface area contributed by atoms with Crippen LogP contribution in [-0.2, 0) is 13.0 Å². The molecule has 1 aliphatic rings. The minimum Gasteiger partial charge on any atom is -0.369 e. The monoisotopic (exact) mass is 425 g/mol. The van der Waals surface area contributed by atoms with Crippen LogP contribution < -0.4 is 4.90 Å². The summed E-state index contributed by atoms with van der Waals surface area (Å²) >= 11 is 0. The minimum absolute atomic E-state index is 0.0209. The summed E-state index contributed by atoms with van der Waals surface area (Å²) in [6, 6.07) is 25.2. The Labute approximate surface area is 188 Å². The van der Waals surface area contributed by atoms with E-state index >= 15 is 0 Å². The molecule has 0 bridgehead atoms.